The SMILES string of the molecule is O=C(NC[C@@H]1CCC2(CN(C(=O)c3cnccn3)C2)OC1)c1cnccn1. The first-order chi connectivity index (χ1) is 13.2. The molecule has 2 saturated heterocycles. The number of ether oxygens (including phenoxy) is 1. The summed E-state index contributed by atoms with van der Waals surface area (Å²) in [5.74, 6) is -0.0931. The summed E-state index contributed by atoms with van der Waals surface area (Å²) < 4.78 is 6.06. The van der Waals surface area contributed by atoms with Gasteiger partial charge in [-0.05, 0) is 18.8 Å². The molecule has 27 heavy (non-hydrogen) atoms. The summed E-state index contributed by atoms with van der Waals surface area (Å²) in [6, 6.07) is 0. The Hall–Kier alpha value is -2.94. The molecule has 0 aromatic carbocycles. The van der Waals surface area contributed by atoms with Crippen molar-refractivity contribution in [1.29, 1.82) is 0 Å². The lowest BCUT2D eigenvalue weighted by molar-refractivity contribution is -0.166. The molecule has 2 aromatic rings. The highest BCUT2D eigenvalue weighted by Crippen LogP contribution is 2.36. The van der Waals surface area contributed by atoms with E-state index in [2.05, 4.69) is 25.3 Å². The molecular weight excluding hydrogens is 348 g/mol. The highest BCUT2D eigenvalue weighted by atomic mass is 16.5. The summed E-state index contributed by atoms with van der Waals surface area (Å²) in [4.78, 5) is 42.0. The van der Waals surface area contributed by atoms with E-state index in [4.69, 9.17) is 4.74 Å². The van der Waals surface area contributed by atoms with Crippen LogP contribution in [0.25, 0.3) is 0 Å². The molecule has 0 saturated carbocycles. The summed E-state index contributed by atoms with van der Waals surface area (Å²) in [5, 5.41) is 2.88. The number of nitrogens with zero attached hydrogens (tertiary/aromatic N) is 5. The second kappa shape index (κ2) is 7.36. The van der Waals surface area contributed by atoms with Gasteiger partial charge in [-0.25, -0.2) is 9.97 Å². The fourth-order valence-electron chi connectivity index (χ4n) is 3.44. The fraction of sp³-hybridized carbons (Fsp3) is 0.444. The van der Waals surface area contributed by atoms with Gasteiger partial charge in [0.2, 0.25) is 0 Å². The van der Waals surface area contributed by atoms with Gasteiger partial charge in [0, 0.05) is 31.3 Å². The third-order valence-corrected chi connectivity index (χ3v) is 5.01. The van der Waals surface area contributed by atoms with Gasteiger partial charge in [-0.1, -0.05) is 0 Å². The van der Waals surface area contributed by atoms with Crippen molar-refractivity contribution in [2.24, 2.45) is 5.92 Å². The normalized spacial score (nSPS) is 20.7. The zero-order chi connectivity index (χ0) is 18.7. The van der Waals surface area contributed by atoms with E-state index in [0.717, 1.165) is 12.8 Å². The molecule has 9 heteroatoms. The van der Waals surface area contributed by atoms with Crippen molar-refractivity contribution in [3.05, 3.63) is 48.6 Å². The lowest BCUT2D eigenvalue weighted by Crippen LogP contribution is -2.66. The minimum absolute atomic E-state index is 0.115. The zero-order valence-electron chi connectivity index (χ0n) is 14.7. The quantitative estimate of drug-likeness (QED) is 0.827. The standard InChI is InChI=1S/C18H20N6O3/c25-16(14-8-19-3-5-21-14)23-7-13-1-2-18(27-10-13)11-24(12-18)17(26)15-9-20-4-6-22-15/h3-6,8-9,13H,1-2,7,10-12H2,(H,23,25)/t13-/m0/s1. The van der Waals surface area contributed by atoms with Crippen LogP contribution in [-0.4, -0.2) is 68.5 Å². The summed E-state index contributed by atoms with van der Waals surface area (Å²) in [7, 11) is 0. The van der Waals surface area contributed by atoms with Crippen LogP contribution in [0.15, 0.2) is 37.2 Å². The van der Waals surface area contributed by atoms with Gasteiger partial charge in [0.25, 0.3) is 11.8 Å². The topological polar surface area (TPSA) is 110 Å². The van der Waals surface area contributed by atoms with E-state index in [1.165, 1.54) is 31.0 Å². The lowest BCUT2D eigenvalue weighted by atomic mass is 9.82. The van der Waals surface area contributed by atoms with Crippen LogP contribution in [0.1, 0.15) is 33.8 Å². The maximum atomic E-state index is 12.3. The summed E-state index contributed by atoms with van der Waals surface area (Å²) in [6.07, 6.45) is 10.8. The van der Waals surface area contributed by atoms with Gasteiger partial charge >= 0.3 is 0 Å². The van der Waals surface area contributed by atoms with E-state index in [-0.39, 0.29) is 23.3 Å². The number of carbonyl (C=O) groups is 2. The molecule has 2 amide bonds. The van der Waals surface area contributed by atoms with E-state index in [1.807, 2.05) is 0 Å². The Balaban J connectivity index is 1.22. The maximum Gasteiger partial charge on any atom is 0.274 e. The Morgan fingerprint density at radius 1 is 1.11 bits per heavy atom. The van der Waals surface area contributed by atoms with Gasteiger partial charge in [0.1, 0.15) is 17.0 Å². The third kappa shape index (κ3) is 3.77. The largest absolute Gasteiger partial charge is 0.371 e. The first-order valence-corrected chi connectivity index (χ1v) is 8.89. The number of hydrogen-bond donors (Lipinski definition) is 1. The van der Waals surface area contributed by atoms with E-state index in [9.17, 15) is 9.59 Å². The Kier molecular flexibility index (Phi) is 4.76. The van der Waals surface area contributed by atoms with Gasteiger partial charge in [-0.15, -0.1) is 0 Å². The maximum absolute atomic E-state index is 12.3. The van der Waals surface area contributed by atoms with Gasteiger partial charge in [-0.2, -0.15) is 0 Å². The van der Waals surface area contributed by atoms with E-state index >= 15 is 0 Å². The van der Waals surface area contributed by atoms with Crippen LogP contribution in [-0.2, 0) is 4.74 Å². The predicted molar refractivity (Wildman–Crippen MR) is 93.7 cm³/mol. The number of amides is 2. The second-order valence-electron chi connectivity index (χ2n) is 6.95. The predicted octanol–water partition coefficient (Wildman–Crippen LogP) is 0.318. The molecule has 4 heterocycles. The van der Waals surface area contributed by atoms with Crippen molar-refractivity contribution in [1.82, 2.24) is 30.2 Å². The molecule has 9 nitrogen and oxygen atoms in total. The summed E-state index contributed by atoms with van der Waals surface area (Å²) in [6.45, 7) is 2.24. The smallest absolute Gasteiger partial charge is 0.274 e. The molecule has 0 radical (unpaired) electrons. The second-order valence-corrected chi connectivity index (χ2v) is 6.95. The molecule has 0 aliphatic carbocycles. The molecular formula is C18H20N6O3. The Labute approximate surface area is 156 Å². The number of hydrogen-bond acceptors (Lipinski definition) is 7. The minimum atomic E-state index is -0.261. The van der Waals surface area contributed by atoms with Crippen molar-refractivity contribution in [2.75, 3.05) is 26.2 Å². The number of aromatic nitrogens is 4. The monoisotopic (exact) mass is 368 g/mol. The number of carbonyl (C=O) groups excluding carboxylic acids is 2. The molecule has 2 aliphatic heterocycles. The average molecular weight is 368 g/mol. The molecule has 2 aliphatic rings. The molecule has 1 spiro atoms. The van der Waals surface area contributed by atoms with Crippen LogP contribution in [0, 0.1) is 5.92 Å². The van der Waals surface area contributed by atoms with Crippen molar-refractivity contribution in [2.45, 2.75) is 18.4 Å². The van der Waals surface area contributed by atoms with Crippen molar-refractivity contribution in [3.8, 4) is 0 Å². The Bertz CT molecular complexity index is 800. The molecule has 1 N–H and O–H groups in total. The van der Waals surface area contributed by atoms with Crippen molar-refractivity contribution in [3.63, 3.8) is 0 Å². The van der Waals surface area contributed by atoms with Crippen LogP contribution in [0.2, 0.25) is 0 Å². The Morgan fingerprint density at radius 2 is 1.81 bits per heavy atom. The van der Waals surface area contributed by atoms with Crippen molar-refractivity contribution < 1.29 is 14.3 Å². The zero-order valence-corrected chi connectivity index (χ0v) is 14.7. The average Bonchev–Trinajstić information content (AvgIpc) is 2.71. The van der Waals surface area contributed by atoms with Gasteiger partial charge in [-0.3, -0.25) is 19.6 Å². The first kappa shape index (κ1) is 17.5. The van der Waals surface area contributed by atoms with E-state index in [0.29, 0.717) is 37.6 Å². The van der Waals surface area contributed by atoms with Crippen LogP contribution in [0.3, 0.4) is 0 Å². The fourth-order valence-corrected chi connectivity index (χ4v) is 3.44. The molecule has 0 unspecified atom stereocenters. The van der Waals surface area contributed by atoms with Crippen LogP contribution in [0.5, 0.6) is 0 Å². The molecule has 4 rings (SSSR count). The number of likely N-dealkylation sites (tertiary alicyclic amines) is 1. The van der Waals surface area contributed by atoms with Crippen molar-refractivity contribution >= 4 is 11.8 Å². The highest BCUT2D eigenvalue weighted by molar-refractivity contribution is 5.93. The molecule has 0 bridgehead atoms. The molecule has 2 aromatic heterocycles. The molecule has 140 valence electrons. The van der Waals surface area contributed by atoms with E-state index < -0.39 is 0 Å². The van der Waals surface area contributed by atoms with Gasteiger partial charge < -0.3 is 15.0 Å². The lowest BCUT2D eigenvalue weighted by Gasteiger charge is -2.52. The number of rotatable bonds is 4. The molecule has 1 atom stereocenters. The summed E-state index contributed by atoms with van der Waals surface area (Å²) in [5.41, 5.74) is 0.402. The van der Waals surface area contributed by atoms with Gasteiger partial charge in [0.05, 0.1) is 32.1 Å². The van der Waals surface area contributed by atoms with E-state index in [1.54, 1.807) is 11.1 Å². The van der Waals surface area contributed by atoms with Crippen LogP contribution < -0.4 is 5.32 Å². The minimum Gasteiger partial charge on any atom is -0.371 e. The first-order valence-electron chi connectivity index (χ1n) is 8.89. The third-order valence-electron chi connectivity index (χ3n) is 5.01. The van der Waals surface area contributed by atoms with Gasteiger partial charge in [0.15, 0.2) is 0 Å². The number of nitrogens with one attached hydrogen (secondary N) is 1. The molecule has 2 fully saturated rings. The van der Waals surface area contributed by atoms with Crippen LogP contribution in [0.4, 0.5) is 0 Å². The highest BCUT2D eigenvalue weighted by Gasteiger charge is 2.48. The van der Waals surface area contributed by atoms with Crippen LogP contribution >= 0.6 is 0 Å². The Morgan fingerprint density at radius 3 is 2.41 bits per heavy atom. The summed E-state index contributed by atoms with van der Waals surface area (Å²) >= 11 is 0.